The molecule has 89 heavy (non-hydrogen) atoms. The number of carboxylic acid groups (broad SMARTS) is 2. The van der Waals surface area contributed by atoms with Gasteiger partial charge in [0.1, 0.15) is 171 Å². The molecule has 21 saturated heterocycles. The molecule has 0 saturated carbocycles. The quantitative estimate of drug-likeness (QED) is 0.0724. The minimum absolute atomic E-state index is 0.319. The maximum atomic E-state index is 11.7. The van der Waals surface area contributed by atoms with E-state index in [1.165, 1.54) is 0 Å². The number of ether oxygens (including phenoxy) is 14. The fraction of sp³-hybridized carbons (Fsp3) is 0.958. The zero-order chi connectivity index (χ0) is 65.2. The smallest absolute Gasteiger partial charge is 0.321 e. The van der Waals surface area contributed by atoms with Crippen molar-refractivity contribution < 1.29 is 183 Å². The molecule has 21 heterocycles. The van der Waals surface area contributed by atoms with Crippen LogP contribution in [0.5, 0.6) is 0 Å². The van der Waals surface area contributed by atoms with E-state index in [-0.39, 0.29) is 11.5 Å². The summed E-state index contributed by atoms with van der Waals surface area (Å²) < 4.78 is 81.6. The minimum Gasteiger partial charge on any atom is -0.480 e. The first-order chi connectivity index (χ1) is 42.2. The van der Waals surface area contributed by atoms with Crippen LogP contribution in [0.15, 0.2) is 0 Å². The molecule has 0 aromatic carbocycles. The first kappa shape index (κ1) is 73.1. The third-order valence-corrected chi connectivity index (χ3v) is 18.5. The number of hydrogen-bond acceptors (Lipinski definition) is 39. The molecular formula is C48H80N2O37S2. The number of carbonyl (C=O) groups is 2. The Bertz CT molecular complexity index is 2200. The van der Waals surface area contributed by atoms with Gasteiger partial charge in [-0.1, -0.05) is 0 Å². The van der Waals surface area contributed by atoms with E-state index in [1.54, 1.807) is 0 Å². The zero-order valence-electron chi connectivity index (χ0n) is 46.6. The van der Waals surface area contributed by atoms with Crippen LogP contribution in [0.3, 0.4) is 0 Å². The highest BCUT2D eigenvalue weighted by atomic mass is 32.2. The maximum absolute atomic E-state index is 11.7. The Morgan fingerprint density at radius 2 is 0.438 bits per heavy atom. The average molecular weight is 1340 g/mol. The number of rotatable bonds is 15. The van der Waals surface area contributed by atoms with Crippen molar-refractivity contribution in [3.8, 4) is 0 Å². The van der Waals surface area contributed by atoms with Crippen LogP contribution in [0.2, 0.25) is 0 Å². The second kappa shape index (κ2) is 31.9. The summed E-state index contributed by atoms with van der Waals surface area (Å²) in [5.41, 5.74) is 11.4. The van der Waals surface area contributed by atoms with Crippen molar-refractivity contribution >= 4 is 35.5 Å². The fourth-order valence-electron chi connectivity index (χ4n) is 11.2. The maximum Gasteiger partial charge on any atom is 0.321 e. The summed E-state index contributed by atoms with van der Waals surface area (Å²) >= 11 is 1.60. The lowest BCUT2D eigenvalue weighted by molar-refractivity contribution is -0.395. The van der Waals surface area contributed by atoms with Gasteiger partial charge in [-0.25, -0.2) is 0 Å². The van der Waals surface area contributed by atoms with Crippen molar-refractivity contribution in [3.05, 3.63) is 0 Å². The normalized spacial score (nSPS) is 50.1. The Morgan fingerprint density at radius 1 is 0.281 bits per heavy atom. The molecular weight excluding hydrogens is 1260 g/mol. The van der Waals surface area contributed by atoms with Crippen LogP contribution in [-0.4, -0.2) is 402 Å². The first-order valence-corrected chi connectivity index (χ1v) is 30.4. The minimum atomic E-state index is -2.27. The van der Waals surface area contributed by atoms with E-state index >= 15 is 0 Å². The summed E-state index contributed by atoms with van der Waals surface area (Å²) in [6.45, 7) is -5.43. The standard InChI is InChI=1S/C48H80N2O37S2/c49-10(40(70)71)6-88-8-17-38-25(62)32(69)48(80-17)85-37-16(5-55)76-44(28(65)21(37)58)83-35-14(3-53)78-46(30(67)23(35)60)87-39-18(9-89-7-11(50)41(72)73)79-47(31(68)24(39)61)84-36-15(4-54)75-43(27(64)20(36)57)81-33-12(1-51)74-42(26(63)19(33)56)82-34-13(2-52)77-45(86-38)29(66)22(34)59/h10-39,42-48,51-69H,1-9,49-50H2,(H,70,71)(H,72,73)/t10-,11-,12?,13?,14?,15?,16?,17?,18?,19-,20-,21-,22-,23+,24-,25-,26?,27?,28?,29?,30?,31?,32?,33-,34-,35-,36-,37-,38-,39-,42-,43-,44+,45-,46+,47+,48-/m1/s1. The van der Waals surface area contributed by atoms with Crippen LogP contribution in [-0.2, 0) is 75.9 Å². The van der Waals surface area contributed by atoms with Crippen molar-refractivity contribution in [2.45, 2.75) is 227 Å². The van der Waals surface area contributed by atoms with Crippen molar-refractivity contribution in [2.24, 2.45) is 11.5 Å². The Hall–Kier alpha value is -1.76. The molecule has 0 aliphatic carbocycles. The highest BCUT2D eigenvalue weighted by Gasteiger charge is 2.60. The monoisotopic (exact) mass is 1340 g/mol. The molecule has 14 unspecified atom stereocenters. The molecule has 39 nitrogen and oxygen atoms in total. The number of aliphatic hydroxyl groups is 19. The summed E-state index contributed by atoms with van der Waals surface area (Å²) in [7, 11) is 0. The van der Waals surface area contributed by atoms with E-state index in [0.717, 1.165) is 23.5 Å². The molecule has 0 amide bonds. The third kappa shape index (κ3) is 15.9. The van der Waals surface area contributed by atoms with Gasteiger partial charge in [-0.05, 0) is 0 Å². The van der Waals surface area contributed by atoms with Crippen LogP contribution in [0, 0.1) is 0 Å². The molecule has 41 heteroatoms. The molecule has 516 valence electrons. The van der Waals surface area contributed by atoms with Crippen LogP contribution in [0.1, 0.15) is 0 Å². The number of aliphatic carboxylic acids is 2. The molecule has 21 rings (SSSR count). The molecule has 21 fully saturated rings. The number of hydrogen-bond donors (Lipinski definition) is 23. The number of nitrogens with two attached hydrogens (primary N) is 2. The predicted octanol–water partition coefficient (Wildman–Crippen LogP) is -14.9. The van der Waals surface area contributed by atoms with Gasteiger partial charge in [-0.15, -0.1) is 0 Å². The van der Waals surface area contributed by atoms with E-state index in [9.17, 15) is 117 Å². The highest BCUT2D eigenvalue weighted by Crippen LogP contribution is 2.40. The highest BCUT2D eigenvalue weighted by molar-refractivity contribution is 7.99. The van der Waals surface area contributed by atoms with E-state index in [0.29, 0.717) is 0 Å². The average Bonchev–Trinajstić information content (AvgIpc) is 0.983. The molecule has 0 aromatic heterocycles. The molecule has 21 aliphatic rings. The van der Waals surface area contributed by atoms with E-state index in [2.05, 4.69) is 0 Å². The molecule has 14 bridgehead atoms. The SMILES string of the molecule is N[C@H](CSCC1O[C@@H]2O[C@@H]3C(CO)O[C@@H](O[C@@H]4C(CO)O[C@@H](O[C@@H]5C(CSC[C@@H](N)C(=O)O)O[C@@H](O[C@@H]6C(CO)O[C@H](O[C@@H]7C(CO)O[C@H](O[C@@H]8C(CO)O[C@H](O[C@H]1[C@H](O)C2O)C(O)[C@H]8O)C(O)[C@H]7O)C(O)[C@H]6O)C(O)[C@H]5O)C(O)[C@@H]4O)C(O)[C@H]3O)C(=O)O. The predicted molar refractivity (Wildman–Crippen MR) is 280 cm³/mol. The summed E-state index contributed by atoms with van der Waals surface area (Å²) in [4.78, 5) is 23.2. The van der Waals surface area contributed by atoms with Crippen LogP contribution in [0.25, 0.3) is 0 Å². The molecule has 0 aromatic rings. The van der Waals surface area contributed by atoms with Crippen molar-refractivity contribution in [2.75, 3.05) is 56.0 Å². The van der Waals surface area contributed by atoms with Gasteiger partial charge in [0.2, 0.25) is 0 Å². The summed E-state index contributed by atoms with van der Waals surface area (Å²) in [5.74, 6) is -4.26. The first-order valence-electron chi connectivity index (χ1n) is 28.1. The molecule has 25 N–H and O–H groups in total. The fourth-order valence-corrected chi connectivity index (χ4v) is 13.2. The van der Waals surface area contributed by atoms with Gasteiger partial charge in [0, 0.05) is 23.0 Å². The number of carboxylic acids is 2. The van der Waals surface area contributed by atoms with E-state index in [4.69, 9.17) is 77.8 Å². The van der Waals surface area contributed by atoms with Gasteiger partial charge in [-0.3, -0.25) is 9.59 Å². The Labute approximate surface area is 511 Å². The van der Waals surface area contributed by atoms with Gasteiger partial charge in [-0.2, -0.15) is 23.5 Å². The van der Waals surface area contributed by atoms with Crippen molar-refractivity contribution in [1.82, 2.24) is 0 Å². The lowest BCUT2D eigenvalue weighted by atomic mass is 9.95. The number of thioether (sulfide) groups is 2. The second-order valence-electron chi connectivity index (χ2n) is 22.3. The number of aliphatic hydroxyl groups excluding tert-OH is 19. The van der Waals surface area contributed by atoms with Crippen molar-refractivity contribution in [3.63, 3.8) is 0 Å². The van der Waals surface area contributed by atoms with Crippen LogP contribution in [0.4, 0.5) is 0 Å². The summed E-state index contributed by atoms with van der Waals surface area (Å²) in [6, 6.07) is -2.94. The molecule has 0 spiro atoms. The van der Waals surface area contributed by atoms with Gasteiger partial charge >= 0.3 is 11.9 Å². The Kier molecular flexibility index (Phi) is 26.2. The van der Waals surface area contributed by atoms with E-state index in [1.807, 2.05) is 0 Å². The Morgan fingerprint density at radius 3 is 0.596 bits per heavy atom. The topological polar surface area (TPSA) is 640 Å². The van der Waals surface area contributed by atoms with Crippen LogP contribution >= 0.6 is 23.5 Å². The van der Waals surface area contributed by atoms with Gasteiger partial charge < -0.3 is 185 Å². The zero-order valence-corrected chi connectivity index (χ0v) is 48.3. The van der Waals surface area contributed by atoms with Crippen LogP contribution < -0.4 is 11.5 Å². The van der Waals surface area contributed by atoms with Gasteiger partial charge in [0.05, 0.1) is 45.2 Å². The van der Waals surface area contributed by atoms with Gasteiger partial charge in [0.15, 0.2) is 44.0 Å². The lowest BCUT2D eigenvalue weighted by Crippen LogP contribution is -2.68. The summed E-state index contributed by atoms with van der Waals surface area (Å²) in [6.07, 6.45) is -71.4. The summed E-state index contributed by atoms with van der Waals surface area (Å²) in [5, 5.41) is 233. The Balaban J connectivity index is 1.11. The van der Waals surface area contributed by atoms with E-state index < -0.39 is 284 Å². The van der Waals surface area contributed by atoms with Crippen molar-refractivity contribution in [1.29, 1.82) is 0 Å². The molecule has 37 atom stereocenters. The van der Waals surface area contributed by atoms with Gasteiger partial charge in [0.25, 0.3) is 0 Å². The lowest BCUT2D eigenvalue weighted by Gasteiger charge is -2.50. The third-order valence-electron chi connectivity index (χ3n) is 16.2. The largest absolute Gasteiger partial charge is 0.480 e. The second-order valence-corrected chi connectivity index (χ2v) is 24.4. The molecule has 21 aliphatic heterocycles. The molecule has 0 radical (unpaired) electrons.